The lowest BCUT2D eigenvalue weighted by atomic mass is 9.96. The first-order valence-electron chi connectivity index (χ1n) is 19.9. The van der Waals surface area contributed by atoms with E-state index in [1.807, 2.05) is 32.0 Å². The molecule has 5 aromatic rings. The molecule has 0 spiro atoms. The van der Waals surface area contributed by atoms with Crippen molar-refractivity contribution in [2.75, 3.05) is 43.4 Å². The van der Waals surface area contributed by atoms with Crippen LogP contribution in [0.4, 0.5) is 15.9 Å². The number of fused-ring (bicyclic) bond motifs is 1. The Morgan fingerprint density at radius 3 is 2.55 bits per heavy atom. The lowest BCUT2D eigenvalue weighted by Gasteiger charge is -2.44. The highest BCUT2D eigenvalue weighted by Gasteiger charge is 2.40. The number of nitrogens with one attached hydrogen (secondary N) is 1. The van der Waals surface area contributed by atoms with Gasteiger partial charge in [-0.15, -0.1) is 0 Å². The largest absolute Gasteiger partial charge is 0.482 e. The number of carbonyl (C=O) groups is 3. The number of piperidine rings is 2. The Morgan fingerprint density at radius 2 is 1.79 bits per heavy atom. The zero-order valence-corrected chi connectivity index (χ0v) is 32.8. The molecule has 4 aliphatic heterocycles. The van der Waals surface area contributed by atoms with Gasteiger partial charge in [0.1, 0.15) is 23.7 Å². The fourth-order valence-corrected chi connectivity index (χ4v) is 8.85. The Hall–Kier alpha value is -6.16. The molecule has 4 aliphatic rings. The third-order valence-corrected chi connectivity index (χ3v) is 12.0. The van der Waals surface area contributed by atoms with Crippen LogP contribution < -0.4 is 20.7 Å². The van der Waals surface area contributed by atoms with E-state index in [0.717, 1.165) is 79.2 Å². The van der Waals surface area contributed by atoms with Gasteiger partial charge in [-0.05, 0) is 86.7 Å². The summed E-state index contributed by atoms with van der Waals surface area (Å²) in [5, 5.41) is 16.0. The Kier molecular flexibility index (Phi) is 9.66. The molecule has 15 nitrogen and oxygen atoms in total. The summed E-state index contributed by atoms with van der Waals surface area (Å²) < 4.78 is 22.9. The maximum Gasteiger partial charge on any atom is 0.255 e. The van der Waals surface area contributed by atoms with Crippen molar-refractivity contribution in [2.24, 2.45) is 13.0 Å². The fourth-order valence-electron chi connectivity index (χ4n) is 8.85. The second kappa shape index (κ2) is 15.0. The molecular formula is C42H46FN11O4. The van der Waals surface area contributed by atoms with Crippen LogP contribution in [0.5, 0.6) is 5.75 Å². The zero-order valence-electron chi connectivity index (χ0n) is 32.8. The van der Waals surface area contributed by atoms with Gasteiger partial charge >= 0.3 is 0 Å². The minimum atomic E-state index is -0.608. The van der Waals surface area contributed by atoms with Crippen LogP contribution in [-0.4, -0.2) is 96.0 Å². The van der Waals surface area contributed by atoms with Crippen molar-refractivity contribution < 1.29 is 23.5 Å². The van der Waals surface area contributed by atoms with Crippen molar-refractivity contribution in [3.8, 4) is 28.3 Å². The number of imide groups is 1. The van der Waals surface area contributed by atoms with Gasteiger partial charge in [-0.2, -0.15) is 20.1 Å². The average molecular weight is 788 g/mol. The number of nitrogen functional groups attached to an aromatic ring is 1. The molecule has 3 N–H and O–H groups in total. The van der Waals surface area contributed by atoms with Crippen molar-refractivity contribution in [1.29, 1.82) is 0 Å². The minimum Gasteiger partial charge on any atom is -0.482 e. The standard InChI is InChI=1S/C42H46FN11O4/c1-24-19-54(49-39(24)27-15-37(40(44)45-17-27)58-25(2)34-16-29(43)4-6-33(34)35-18-46-50(3)48-35)30-10-12-51(13-11-30)20-26-21-52(22-26)31-5-7-32-28(14-31)23-53(42(32)57)36-8-9-38(55)47-41(36)56/h4-7,14-19,25-26,30,36H,8-13,20-23H2,1-3H3,(H2,44,45)(H,47,55,56)/t25-,36?/m1/s1. The van der Waals surface area contributed by atoms with Gasteiger partial charge in [-0.1, -0.05) is 0 Å². The lowest BCUT2D eigenvalue weighted by Crippen LogP contribution is -2.52. The summed E-state index contributed by atoms with van der Waals surface area (Å²) in [6.45, 7) is 9.19. The Bertz CT molecular complexity index is 2420. The number of rotatable bonds is 10. The molecule has 9 rings (SSSR count). The number of nitrogens with zero attached hydrogens (tertiary/aromatic N) is 9. The van der Waals surface area contributed by atoms with Gasteiger partial charge in [0.2, 0.25) is 11.8 Å². The summed E-state index contributed by atoms with van der Waals surface area (Å²) in [6.07, 6.45) is 7.48. The molecule has 2 aromatic carbocycles. The quantitative estimate of drug-likeness (QED) is 0.192. The molecule has 0 radical (unpaired) electrons. The number of hydrogen-bond donors (Lipinski definition) is 2. The van der Waals surface area contributed by atoms with E-state index in [0.29, 0.717) is 41.5 Å². The second-order valence-electron chi connectivity index (χ2n) is 16.0. The lowest BCUT2D eigenvalue weighted by molar-refractivity contribution is -0.136. The second-order valence-corrected chi connectivity index (χ2v) is 16.0. The number of amides is 3. The van der Waals surface area contributed by atoms with Crippen LogP contribution in [0.3, 0.4) is 0 Å². The van der Waals surface area contributed by atoms with Crippen molar-refractivity contribution >= 4 is 29.2 Å². The SMILES string of the molecule is Cc1cn(C2CCN(CC3CN(c4ccc5c(c4)CN(C4CCC(=O)NC4=O)C5=O)C3)CC2)nc1-c1cnc(N)c(O[C@H](C)c2cc(F)ccc2-c2cnn(C)n2)c1. The Balaban J connectivity index is 0.787. The number of aromatic nitrogens is 6. The van der Waals surface area contributed by atoms with Crippen LogP contribution in [0, 0.1) is 18.7 Å². The van der Waals surface area contributed by atoms with Crippen LogP contribution in [0.15, 0.2) is 61.1 Å². The normalized spacial score (nSPS) is 19.7. The molecule has 0 aliphatic carbocycles. The predicted molar refractivity (Wildman–Crippen MR) is 213 cm³/mol. The first-order valence-corrected chi connectivity index (χ1v) is 19.9. The number of aryl methyl sites for hydroxylation is 2. The van der Waals surface area contributed by atoms with E-state index in [2.05, 4.69) is 47.2 Å². The molecule has 0 saturated carbocycles. The highest BCUT2D eigenvalue weighted by Crippen LogP contribution is 2.37. The van der Waals surface area contributed by atoms with E-state index in [9.17, 15) is 18.8 Å². The van der Waals surface area contributed by atoms with Gasteiger partial charge in [-0.3, -0.25) is 24.4 Å². The predicted octanol–water partition coefficient (Wildman–Crippen LogP) is 4.44. The van der Waals surface area contributed by atoms with E-state index in [-0.39, 0.29) is 35.9 Å². The number of benzene rings is 2. The molecule has 3 aromatic heterocycles. The zero-order chi connectivity index (χ0) is 40.2. The highest BCUT2D eigenvalue weighted by molar-refractivity contribution is 6.05. The van der Waals surface area contributed by atoms with E-state index < -0.39 is 18.1 Å². The molecule has 16 heteroatoms. The van der Waals surface area contributed by atoms with Crippen molar-refractivity contribution in [2.45, 2.75) is 64.3 Å². The Labute approximate surface area is 334 Å². The molecule has 0 bridgehead atoms. The van der Waals surface area contributed by atoms with Gasteiger partial charge in [0.25, 0.3) is 5.91 Å². The fraction of sp³-hybridized carbons (Fsp3) is 0.405. The summed E-state index contributed by atoms with van der Waals surface area (Å²) in [5.74, 6) is -0.0259. The van der Waals surface area contributed by atoms with E-state index in [1.165, 1.54) is 16.9 Å². The number of ether oxygens (including phenoxy) is 1. The maximum atomic E-state index is 14.4. The molecule has 300 valence electrons. The molecule has 3 fully saturated rings. The third kappa shape index (κ3) is 7.16. The summed E-state index contributed by atoms with van der Waals surface area (Å²) >= 11 is 0. The first kappa shape index (κ1) is 37.4. The van der Waals surface area contributed by atoms with Crippen LogP contribution in [0.25, 0.3) is 22.5 Å². The summed E-state index contributed by atoms with van der Waals surface area (Å²) in [6, 6.07) is 12.0. The van der Waals surface area contributed by atoms with Crippen molar-refractivity contribution in [1.82, 2.24) is 44.9 Å². The van der Waals surface area contributed by atoms with Gasteiger partial charge < -0.3 is 25.2 Å². The molecule has 7 heterocycles. The smallest absolute Gasteiger partial charge is 0.255 e. The number of halogens is 1. The minimum absolute atomic E-state index is 0.146. The molecular weight excluding hydrogens is 742 g/mol. The van der Waals surface area contributed by atoms with Crippen LogP contribution in [0.1, 0.15) is 71.8 Å². The number of hydrogen-bond acceptors (Lipinski definition) is 11. The van der Waals surface area contributed by atoms with Gasteiger partial charge in [0.15, 0.2) is 11.6 Å². The van der Waals surface area contributed by atoms with Crippen LogP contribution >= 0.6 is 0 Å². The van der Waals surface area contributed by atoms with Crippen molar-refractivity contribution in [3.63, 3.8) is 0 Å². The number of likely N-dealkylation sites (tertiary alicyclic amines) is 1. The van der Waals surface area contributed by atoms with Gasteiger partial charge in [-0.25, -0.2) is 9.37 Å². The van der Waals surface area contributed by atoms with Gasteiger partial charge in [0.05, 0.1) is 17.9 Å². The Morgan fingerprint density at radius 1 is 1.00 bits per heavy atom. The third-order valence-electron chi connectivity index (χ3n) is 12.0. The number of anilines is 2. The monoisotopic (exact) mass is 787 g/mol. The van der Waals surface area contributed by atoms with Crippen LogP contribution in [0.2, 0.25) is 0 Å². The average Bonchev–Trinajstić information content (AvgIpc) is 3.90. The van der Waals surface area contributed by atoms with Crippen LogP contribution in [-0.2, 0) is 23.2 Å². The molecule has 3 amide bonds. The summed E-state index contributed by atoms with van der Waals surface area (Å²) in [7, 11) is 1.73. The topological polar surface area (TPSA) is 170 Å². The molecule has 2 atom stereocenters. The van der Waals surface area contributed by atoms with Gasteiger partial charge in [0, 0.05) is 99.0 Å². The number of pyridine rings is 1. The number of nitrogens with two attached hydrogens (primary N) is 1. The van der Waals surface area contributed by atoms with E-state index in [4.69, 9.17) is 15.6 Å². The molecule has 3 saturated heterocycles. The van der Waals surface area contributed by atoms with E-state index in [1.54, 1.807) is 30.4 Å². The molecule has 58 heavy (non-hydrogen) atoms. The first-order chi connectivity index (χ1) is 28.0. The highest BCUT2D eigenvalue weighted by atomic mass is 19.1. The number of carbonyl (C=O) groups excluding carboxylic acids is 3. The molecule has 1 unspecified atom stereocenters. The van der Waals surface area contributed by atoms with E-state index >= 15 is 0 Å². The van der Waals surface area contributed by atoms with Crippen molar-refractivity contribution in [3.05, 3.63) is 89.1 Å². The summed E-state index contributed by atoms with van der Waals surface area (Å²) in [4.78, 5) is 49.6. The summed E-state index contributed by atoms with van der Waals surface area (Å²) in [5.41, 5.74) is 13.5. The maximum absolute atomic E-state index is 14.4.